The second-order valence-corrected chi connectivity index (χ2v) is 7.62. The van der Waals surface area contributed by atoms with Crippen molar-refractivity contribution in [1.82, 2.24) is 4.98 Å². The van der Waals surface area contributed by atoms with E-state index in [0.29, 0.717) is 34.1 Å². The van der Waals surface area contributed by atoms with Crippen LogP contribution in [0.25, 0.3) is 0 Å². The van der Waals surface area contributed by atoms with E-state index >= 15 is 0 Å². The van der Waals surface area contributed by atoms with Gasteiger partial charge in [0, 0.05) is 18.1 Å². The molecule has 0 fully saturated rings. The molecule has 3 aromatic rings. The van der Waals surface area contributed by atoms with E-state index in [9.17, 15) is 8.42 Å². The average molecular weight is 384 g/mol. The smallest absolute Gasteiger partial charge is 0.262 e. The van der Waals surface area contributed by atoms with Gasteiger partial charge in [-0.2, -0.15) is 0 Å². The van der Waals surface area contributed by atoms with Gasteiger partial charge in [-0.3, -0.25) is 9.71 Å². The number of hydrogen-bond acceptors (Lipinski definition) is 5. The van der Waals surface area contributed by atoms with Gasteiger partial charge in [0.2, 0.25) is 0 Å². The summed E-state index contributed by atoms with van der Waals surface area (Å²) in [5, 5.41) is 0. The molecule has 0 unspecified atom stereocenters. The van der Waals surface area contributed by atoms with E-state index in [1.807, 2.05) is 0 Å². The van der Waals surface area contributed by atoms with Gasteiger partial charge in [0.05, 0.1) is 12.0 Å². The van der Waals surface area contributed by atoms with E-state index in [1.165, 1.54) is 0 Å². The Morgan fingerprint density at radius 2 is 1.41 bits per heavy atom. The number of ether oxygens (including phenoxy) is 2. The summed E-state index contributed by atoms with van der Waals surface area (Å²) in [4.78, 5) is 4.18. The summed E-state index contributed by atoms with van der Waals surface area (Å²) in [5.74, 6) is 1.88. The minimum atomic E-state index is -3.73. The Kier molecular flexibility index (Phi) is 5.32. The zero-order valence-electron chi connectivity index (χ0n) is 15.3. The Bertz CT molecular complexity index is 1010. The molecule has 1 N–H and O–H groups in total. The van der Waals surface area contributed by atoms with Crippen molar-refractivity contribution in [1.29, 1.82) is 0 Å². The molecule has 0 radical (unpaired) electrons. The Labute approximate surface area is 158 Å². The second kappa shape index (κ2) is 7.67. The maximum Gasteiger partial charge on any atom is 0.262 e. The quantitative estimate of drug-likeness (QED) is 0.686. The number of nitrogens with zero attached hydrogens (tertiary/aromatic N) is 1. The van der Waals surface area contributed by atoms with E-state index in [0.717, 1.165) is 0 Å². The maximum atomic E-state index is 12.8. The number of nitrogens with one attached hydrogen (secondary N) is 1. The van der Waals surface area contributed by atoms with Gasteiger partial charge in [-0.05, 0) is 73.5 Å². The van der Waals surface area contributed by atoms with Crippen LogP contribution in [0.3, 0.4) is 0 Å². The Morgan fingerprint density at radius 3 is 1.96 bits per heavy atom. The van der Waals surface area contributed by atoms with Crippen LogP contribution in [0.4, 0.5) is 5.69 Å². The lowest BCUT2D eigenvalue weighted by Crippen LogP contribution is -2.15. The fourth-order valence-electron chi connectivity index (χ4n) is 2.79. The zero-order valence-corrected chi connectivity index (χ0v) is 16.1. The van der Waals surface area contributed by atoms with Crippen LogP contribution in [0.15, 0.2) is 65.8 Å². The van der Waals surface area contributed by atoms with Crippen LogP contribution in [0.2, 0.25) is 0 Å². The highest BCUT2D eigenvalue weighted by atomic mass is 32.2. The lowest BCUT2D eigenvalue weighted by atomic mass is 10.1. The predicted molar refractivity (Wildman–Crippen MR) is 104 cm³/mol. The van der Waals surface area contributed by atoms with Crippen molar-refractivity contribution in [2.75, 3.05) is 11.8 Å². The Balaban J connectivity index is 1.80. The molecule has 0 aliphatic rings. The van der Waals surface area contributed by atoms with E-state index in [1.54, 1.807) is 81.9 Å². The molecule has 27 heavy (non-hydrogen) atoms. The van der Waals surface area contributed by atoms with Crippen molar-refractivity contribution < 1.29 is 17.9 Å². The van der Waals surface area contributed by atoms with Crippen LogP contribution < -0.4 is 14.2 Å². The fourth-order valence-corrected chi connectivity index (χ4v) is 4.31. The fraction of sp³-hybridized carbons (Fsp3) is 0.150. The number of anilines is 1. The first kappa shape index (κ1) is 18.7. The van der Waals surface area contributed by atoms with Crippen LogP contribution in [0.5, 0.6) is 17.2 Å². The van der Waals surface area contributed by atoms with Crippen molar-refractivity contribution in [2.24, 2.45) is 0 Å². The third kappa shape index (κ3) is 4.38. The summed E-state index contributed by atoms with van der Waals surface area (Å²) in [7, 11) is -2.17. The standard InChI is InChI=1S/C20H20N2O4S/c1-14-12-19(25-3)13-15(2)20(14)27(23,24)22-16-4-6-17(7-5-16)26-18-8-10-21-11-9-18/h4-13,22H,1-3H3. The van der Waals surface area contributed by atoms with Crippen LogP contribution in [0.1, 0.15) is 11.1 Å². The molecular formula is C20H20N2O4S. The van der Waals surface area contributed by atoms with Crippen molar-refractivity contribution >= 4 is 15.7 Å². The largest absolute Gasteiger partial charge is 0.497 e. The van der Waals surface area contributed by atoms with Gasteiger partial charge in [-0.25, -0.2) is 8.42 Å². The normalized spacial score (nSPS) is 11.1. The molecule has 3 rings (SSSR count). The Morgan fingerprint density at radius 1 is 0.852 bits per heavy atom. The van der Waals surface area contributed by atoms with Gasteiger partial charge in [-0.1, -0.05) is 0 Å². The molecule has 0 atom stereocenters. The number of aromatic nitrogens is 1. The van der Waals surface area contributed by atoms with E-state index in [4.69, 9.17) is 9.47 Å². The first-order valence-corrected chi connectivity index (χ1v) is 9.73. The number of sulfonamides is 1. The molecule has 0 saturated heterocycles. The number of rotatable bonds is 6. The van der Waals surface area contributed by atoms with E-state index in [2.05, 4.69) is 9.71 Å². The number of pyridine rings is 1. The number of methoxy groups -OCH3 is 1. The van der Waals surface area contributed by atoms with Gasteiger partial charge in [0.25, 0.3) is 10.0 Å². The molecular weight excluding hydrogens is 364 g/mol. The third-order valence-corrected chi connectivity index (χ3v) is 5.62. The highest BCUT2D eigenvalue weighted by Crippen LogP contribution is 2.28. The molecule has 0 spiro atoms. The van der Waals surface area contributed by atoms with Gasteiger partial charge in [0.15, 0.2) is 0 Å². The molecule has 140 valence electrons. The predicted octanol–water partition coefficient (Wildman–Crippen LogP) is 4.30. The lowest BCUT2D eigenvalue weighted by molar-refractivity contribution is 0.413. The first-order valence-electron chi connectivity index (χ1n) is 8.25. The third-order valence-electron chi connectivity index (χ3n) is 3.93. The molecule has 0 aliphatic heterocycles. The van der Waals surface area contributed by atoms with Crippen molar-refractivity contribution in [3.63, 3.8) is 0 Å². The highest BCUT2D eigenvalue weighted by molar-refractivity contribution is 7.92. The summed E-state index contributed by atoms with van der Waals surface area (Å²) in [6.45, 7) is 3.49. The molecule has 7 heteroatoms. The number of aryl methyl sites for hydroxylation is 2. The molecule has 0 bridgehead atoms. The molecule has 0 saturated carbocycles. The molecule has 1 heterocycles. The van der Waals surface area contributed by atoms with Crippen molar-refractivity contribution in [3.05, 3.63) is 72.1 Å². The van der Waals surface area contributed by atoms with Gasteiger partial charge >= 0.3 is 0 Å². The van der Waals surface area contributed by atoms with Crippen LogP contribution >= 0.6 is 0 Å². The first-order chi connectivity index (χ1) is 12.9. The lowest BCUT2D eigenvalue weighted by Gasteiger charge is -2.14. The topological polar surface area (TPSA) is 77.5 Å². The van der Waals surface area contributed by atoms with Gasteiger partial charge < -0.3 is 9.47 Å². The van der Waals surface area contributed by atoms with Crippen LogP contribution in [-0.2, 0) is 10.0 Å². The van der Waals surface area contributed by atoms with Gasteiger partial charge in [-0.15, -0.1) is 0 Å². The van der Waals surface area contributed by atoms with E-state index < -0.39 is 10.0 Å². The number of benzene rings is 2. The molecule has 6 nitrogen and oxygen atoms in total. The molecule has 2 aromatic carbocycles. The zero-order chi connectivity index (χ0) is 19.4. The van der Waals surface area contributed by atoms with Crippen LogP contribution in [0, 0.1) is 13.8 Å². The highest BCUT2D eigenvalue weighted by Gasteiger charge is 2.20. The molecule has 0 amide bonds. The molecule has 1 aromatic heterocycles. The SMILES string of the molecule is COc1cc(C)c(S(=O)(=O)Nc2ccc(Oc3ccncc3)cc2)c(C)c1. The van der Waals surface area contributed by atoms with E-state index in [-0.39, 0.29) is 4.90 Å². The summed E-state index contributed by atoms with van der Waals surface area (Å²) in [6.07, 6.45) is 3.27. The minimum Gasteiger partial charge on any atom is -0.497 e. The van der Waals surface area contributed by atoms with Gasteiger partial charge in [0.1, 0.15) is 17.2 Å². The average Bonchev–Trinajstić information content (AvgIpc) is 2.63. The van der Waals surface area contributed by atoms with Crippen LogP contribution in [-0.4, -0.2) is 20.5 Å². The van der Waals surface area contributed by atoms with Crippen molar-refractivity contribution in [2.45, 2.75) is 18.7 Å². The van der Waals surface area contributed by atoms with Crippen molar-refractivity contribution in [3.8, 4) is 17.2 Å². The summed E-state index contributed by atoms with van der Waals surface area (Å²) in [5.41, 5.74) is 1.70. The summed E-state index contributed by atoms with van der Waals surface area (Å²) < 4.78 is 39.1. The second-order valence-electron chi connectivity index (χ2n) is 6.01. The Hall–Kier alpha value is -3.06. The molecule has 0 aliphatic carbocycles. The summed E-state index contributed by atoms with van der Waals surface area (Å²) >= 11 is 0. The monoisotopic (exact) mass is 384 g/mol. The summed E-state index contributed by atoms with van der Waals surface area (Å²) in [6, 6.07) is 13.6. The number of hydrogen-bond donors (Lipinski definition) is 1. The maximum absolute atomic E-state index is 12.8. The minimum absolute atomic E-state index is 0.250.